The molecule has 0 radical (unpaired) electrons. The van der Waals surface area contributed by atoms with Crippen LogP contribution in [0.25, 0.3) is 22.0 Å². The van der Waals surface area contributed by atoms with E-state index in [1.54, 1.807) is 18.3 Å². The molecule has 1 fully saturated rings. The van der Waals surface area contributed by atoms with Crippen LogP contribution < -0.4 is 5.32 Å². The zero-order valence-electron chi connectivity index (χ0n) is 18.6. The molecule has 0 unspecified atom stereocenters. The summed E-state index contributed by atoms with van der Waals surface area (Å²) in [5.41, 5.74) is 2.61. The topological polar surface area (TPSA) is 88.6 Å². The molecule has 1 aliphatic heterocycles. The molecular weight excluding hydrogens is 577 g/mol. The lowest BCUT2D eigenvalue weighted by molar-refractivity contribution is 0.0730. The Hall–Kier alpha value is -2.86. The number of ether oxygens (including phenoxy) is 1. The molecule has 0 aliphatic carbocycles. The van der Waals surface area contributed by atoms with Gasteiger partial charge in [-0.25, -0.2) is 8.42 Å². The molecule has 2 heterocycles. The van der Waals surface area contributed by atoms with Gasteiger partial charge in [-0.15, -0.1) is 0 Å². The minimum atomic E-state index is -3.70. The summed E-state index contributed by atoms with van der Waals surface area (Å²) in [5, 5.41) is 5.01. The first kappa shape index (κ1) is 23.9. The summed E-state index contributed by atoms with van der Waals surface area (Å²) in [7, 11) is -3.70. The van der Waals surface area contributed by atoms with Gasteiger partial charge in [-0.2, -0.15) is 4.31 Å². The van der Waals surface area contributed by atoms with Crippen LogP contribution in [0.1, 0.15) is 10.4 Å². The number of carbonyl (C=O) groups excluding carboxylic acids is 1. The number of pyridine rings is 1. The van der Waals surface area contributed by atoms with Crippen molar-refractivity contribution >= 4 is 55.0 Å². The number of halogens is 1. The molecule has 1 aliphatic rings. The maximum atomic E-state index is 13.1. The van der Waals surface area contributed by atoms with Crippen LogP contribution in [0.15, 0.2) is 83.9 Å². The Morgan fingerprint density at radius 2 is 1.77 bits per heavy atom. The van der Waals surface area contributed by atoms with E-state index < -0.39 is 10.0 Å². The molecule has 1 saturated heterocycles. The molecule has 7 nitrogen and oxygen atoms in total. The van der Waals surface area contributed by atoms with Crippen molar-refractivity contribution in [1.82, 2.24) is 9.29 Å². The van der Waals surface area contributed by atoms with E-state index in [1.807, 2.05) is 48.5 Å². The fraction of sp³-hybridized carbons (Fsp3) is 0.154. The van der Waals surface area contributed by atoms with Crippen molar-refractivity contribution in [2.45, 2.75) is 4.90 Å². The number of rotatable bonds is 5. The minimum Gasteiger partial charge on any atom is -0.379 e. The smallest absolute Gasteiger partial charge is 0.255 e. The first-order valence-electron chi connectivity index (χ1n) is 11.1. The van der Waals surface area contributed by atoms with Crippen molar-refractivity contribution < 1.29 is 17.9 Å². The average Bonchev–Trinajstić information content (AvgIpc) is 2.90. The Labute approximate surface area is 217 Å². The van der Waals surface area contributed by atoms with Crippen molar-refractivity contribution in [3.8, 4) is 11.3 Å². The summed E-state index contributed by atoms with van der Waals surface area (Å²) in [5.74, 6) is -0.387. The van der Waals surface area contributed by atoms with Gasteiger partial charge in [0.15, 0.2) is 0 Å². The normalized spacial score (nSPS) is 14.7. The summed E-state index contributed by atoms with van der Waals surface area (Å²) >= 11 is 2.26. The second kappa shape index (κ2) is 10.0. The third-order valence-electron chi connectivity index (χ3n) is 5.86. The standard InChI is InChI=1S/C26H22IN3O4S/c27-24-9-8-20(17-23(24)25-22-7-2-1-4-18(22)10-11-28-25)29-26(31)19-5-3-6-21(16-19)35(32,33)30-12-14-34-15-13-30/h1-11,16-17H,12-15H2,(H,29,31). The van der Waals surface area contributed by atoms with E-state index in [2.05, 4.69) is 32.9 Å². The summed E-state index contributed by atoms with van der Waals surface area (Å²) in [6, 6.07) is 21.8. The monoisotopic (exact) mass is 599 g/mol. The number of anilines is 1. The molecule has 9 heteroatoms. The van der Waals surface area contributed by atoms with Crippen LogP contribution in [0.3, 0.4) is 0 Å². The van der Waals surface area contributed by atoms with E-state index in [-0.39, 0.29) is 16.4 Å². The van der Waals surface area contributed by atoms with Crippen LogP contribution in [0.2, 0.25) is 0 Å². The predicted molar refractivity (Wildman–Crippen MR) is 144 cm³/mol. The van der Waals surface area contributed by atoms with Gasteiger partial charge in [-0.1, -0.05) is 30.3 Å². The lowest BCUT2D eigenvalue weighted by Gasteiger charge is -2.26. The molecule has 3 aromatic carbocycles. The number of hydrogen-bond donors (Lipinski definition) is 1. The molecule has 1 amide bonds. The Balaban J connectivity index is 1.43. The molecular formula is C26H22IN3O4S. The zero-order valence-corrected chi connectivity index (χ0v) is 21.6. The van der Waals surface area contributed by atoms with Gasteiger partial charge in [-0.05, 0) is 70.4 Å². The number of amides is 1. The van der Waals surface area contributed by atoms with Crippen molar-refractivity contribution in [3.63, 3.8) is 0 Å². The van der Waals surface area contributed by atoms with Gasteiger partial charge < -0.3 is 10.1 Å². The number of benzene rings is 3. The molecule has 1 N–H and O–H groups in total. The lowest BCUT2D eigenvalue weighted by atomic mass is 10.0. The van der Waals surface area contributed by atoms with Crippen LogP contribution in [0.5, 0.6) is 0 Å². The number of nitrogens with zero attached hydrogens (tertiary/aromatic N) is 2. The van der Waals surface area contributed by atoms with Crippen LogP contribution in [-0.4, -0.2) is 49.9 Å². The highest BCUT2D eigenvalue weighted by molar-refractivity contribution is 14.1. The minimum absolute atomic E-state index is 0.0929. The first-order valence-corrected chi connectivity index (χ1v) is 13.6. The Morgan fingerprint density at radius 1 is 0.971 bits per heavy atom. The summed E-state index contributed by atoms with van der Waals surface area (Å²) in [6.45, 7) is 1.32. The second-order valence-corrected chi connectivity index (χ2v) is 11.2. The number of morpholine rings is 1. The van der Waals surface area contributed by atoms with Crippen LogP contribution in [0.4, 0.5) is 5.69 Å². The van der Waals surface area contributed by atoms with Crippen LogP contribution in [-0.2, 0) is 14.8 Å². The highest BCUT2D eigenvalue weighted by Crippen LogP contribution is 2.32. The third kappa shape index (κ3) is 4.94. The van der Waals surface area contributed by atoms with E-state index in [0.717, 1.165) is 25.6 Å². The van der Waals surface area contributed by atoms with Crippen LogP contribution >= 0.6 is 22.6 Å². The highest BCUT2D eigenvalue weighted by atomic mass is 127. The van der Waals surface area contributed by atoms with Gasteiger partial charge in [0.1, 0.15) is 0 Å². The van der Waals surface area contributed by atoms with Crippen molar-refractivity contribution in [3.05, 3.63) is 88.1 Å². The fourth-order valence-electron chi connectivity index (χ4n) is 4.06. The van der Waals surface area contributed by atoms with Crippen molar-refractivity contribution in [1.29, 1.82) is 0 Å². The Kier molecular flexibility index (Phi) is 6.83. The number of fused-ring (bicyclic) bond motifs is 1. The second-order valence-electron chi connectivity index (χ2n) is 8.07. The Morgan fingerprint density at radius 3 is 2.60 bits per heavy atom. The van der Waals surface area contributed by atoms with E-state index in [0.29, 0.717) is 32.0 Å². The number of carbonyl (C=O) groups is 1. The maximum Gasteiger partial charge on any atom is 0.255 e. The van der Waals surface area contributed by atoms with Crippen LogP contribution in [0, 0.1) is 3.57 Å². The first-order chi connectivity index (χ1) is 16.9. The zero-order chi connectivity index (χ0) is 24.4. The molecule has 5 rings (SSSR count). The SMILES string of the molecule is O=C(Nc1ccc(I)c(-c2nccc3ccccc23)c1)c1cccc(S(=O)(=O)N2CCOCC2)c1. The van der Waals surface area contributed by atoms with Crippen molar-refractivity contribution in [2.24, 2.45) is 0 Å². The van der Waals surface area contributed by atoms with Gasteiger partial charge in [0.05, 0.1) is 23.8 Å². The predicted octanol–water partition coefficient (Wildman–Crippen LogP) is 4.78. The lowest BCUT2D eigenvalue weighted by Crippen LogP contribution is -2.40. The molecule has 35 heavy (non-hydrogen) atoms. The van der Waals surface area contributed by atoms with E-state index in [4.69, 9.17) is 4.74 Å². The third-order valence-corrected chi connectivity index (χ3v) is 8.69. The molecule has 1 aromatic heterocycles. The quantitative estimate of drug-likeness (QED) is 0.334. The summed E-state index contributed by atoms with van der Waals surface area (Å²) in [4.78, 5) is 17.8. The van der Waals surface area contributed by atoms with Gasteiger partial charge in [-0.3, -0.25) is 9.78 Å². The summed E-state index contributed by atoms with van der Waals surface area (Å²) in [6.07, 6.45) is 1.78. The number of hydrogen-bond acceptors (Lipinski definition) is 5. The molecule has 0 spiro atoms. The van der Waals surface area contributed by atoms with Gasteiger partial charge >= 0.3 is 0 Å². The molecule has 4 aromatic rings. The van der Waals surface area contributed by atoms with E-state index in [1.165, 1.54) is 16.4 Å². The van der Waals surface area contributed by atoms with Crippen molar-refractivity contribution in [2.75, 3.05) is 31.6 Å². The fourth-order valence-corrected chi connectivity index (χ4v) is 6.10. The molecule has 0 bridgehead atoms. The average molecular weight is 599 g/mol. The van der Waals surface area contributed by atoms with Gasteiger partial charge in [0, 0.05) is 45.1 Å². The molecule has 0 saturated carbocycles. The highest BCUT2D eigenvalue weighted by Gasteiger charge is 2.27. The largest absolute Gasteiger partial charge is 0.379 e. The van der Waals surface area contributed by atoms with E-state index in [9.17, 15) is 13.2 Å². The maximum absolute atomic E-state index is 13.1. The summed E-state index contributed by atoms with van der Waals surface area (Å²) < 4.78 is 33.6. The number of nitrogens with one attached hydrogen (secondary N) is 1. The number of aromatic nitrogens is 1. The van der Waals surface area contributed by atoms with Gasteiger partial charge in [0.25, 0.3) is 5.91 Å². The molecule has 178 valence electrons. The van der Waals surface area contributed by atoms with E-state index >= 15 is 0 Å². The molecule has 0 atom stereocenters. The van der Waals surface area contributed by atoms with Gasteiger partial charge in [0.2, 0.25) is 10.0 Å². The Bertz CT molecular complexity index is 1510. The number of sulfonamides is 1.